The van der Waals surface area contributed by atoms with Crippen LogP contribution in [-0.2, 0) is 0 Å². The lowest BCUT2D eigenvalue weighted by atomic mass is 10.0. The SMILES string of the molecule is O=C(c1ccc(OC(F)F)cc1)N1C2CCC1CC(Br)C2. The topological polar surface area (TPSA) is 29.5 Å². The molecule has 21 heavy (non-hydrogen) atoms. The molecule has 2 fully saturated rings. The van der Waals surface area contributed by atoms with E-state index in [0.717, 1.165) is 25.7 Å². The van der Waals surface area contributed by atoms with Crippen LogP contribution in [0.2, 0.25) is 0 Å². The molecule has 2 unspecified atom stereocenters. The van der Waals surface area contributed by atoms with Crippen molar-refractivity contribution >= 4 is 21.8 Å². The van der Waals surface area contributed by atoms with Crippen LogP contribution in [0.3, 0.4) is 0 Å². The number of halogens is 3. The lowest BCUT2D eigenvalue weighted by molar-refractivity contribution is -0.0498. The molecule has 0 N–H and O–H groups in total. The summed E-state index contributed by atoms with van der Waals surface area (Å²) in [4.78, 5) is 15.1. The Labute approximate surface area is 130 Å². The first-order valence-corrected chi connectivity index (χ1v) is 7.98. The van der Waals surface area contributed by atoms with Crippen molar-refractivity contribution in [2.24, 2.45) is 0 Å². The molecule has 0 aromatic heterocycles. The highest BCUT2D eigenvalue weighted by Gasteiger charge is 2.42. The molecule has 2 bridgehead atoms. The average molecular weight is 360 g/mol. The first-order valence-electron chi connectivity index (χ1n) is 7.06. The molecule has 0 spiro atoms. The number of hydrogen-bond donors (Lipinski definition) is 0. The molecule has 6 heteroatoms. The largest absolute Gasteiger partial charge is 0.435 e. The molecule has 114 valence electrons. The van der Waals surface area contributed by atoms with Gasteiger partial charge < -0.3 is 9.64 Å². The fraction of sp³-hybridized carbons (Fsp3) is 0.533. The molecule has 2 saturated heterocycles. The van der Waals surface area contributed by atoms with Gasteiger partial charge in [0.15, 0.2) is 0 Å². The summed E-state index contributed by atoms with van der Waals surface area (Å²) in [6.07, 6.45) is 4.06. The lowest BCUT2D eigenvalue weighted by Gasteiger charge is -2.37. The highest BCUT2D eigenvalue weighted by molar-refractivity contribution is 9.09. The monoisotopic (exact) mass is 359 g/mol. The smallest absolute Gasteiger partial charge is 0.387 e. The van der Waals surface area contributed by atoms with Crippen LogP contribution in [0.25, 0.3) is 0 Å². The number of rotatable bonds is 3. The van der Waals surface area contributed by atoms with Gasteiger partial charge in [0.05, 0.1) is 0 Å². The maximum absolute atomic E-state index is 12.6. The molecule has 1 aromatic carbocycles. The van der Waals surface area contributed by atoms with Crippen molar-refractivity contribution in [1.82, 2.24) is 4.90 Å². The summed E-state index contributed by atoms with van der Waals surface area (Å²) in [5, 5.41) is 0. The van der Waals surface area contributed by atoms with E-state index in [1.54, 1.807) is 12.1 Å². The average Bonchev–Trinajstić information content (AvgIpc) is 2.70. The van der Waals surface area contributed by atoms with Crippen LogP contribution in [0.15, 0.2) is 24.3 Å². The number of fused-ring (bicyclic) bond motifs is 2. The van der Waals surface area contributed by atoms with Gasteiger partial charge in [0.2, 0.25) is 0 Å². The van der Waals surface area contributed by atoms with Crippen molar-refractivity contribution in [2.75, 3.05) is 0 Å². The summed E-state index contributed by atoms with van der Waals surface area (Å²) in [6.45, 7) is -2.85. The number of piperidine rings is 1. The van der Waals surface area contributed by atoms with Crippen LogP contribution in [-0.4, -0.2) is 34.3 Å². The summed E-state index contributed by atoms with van der Waals surface area (Å²) >= 11 is 3.65. The van der Waals surface area contributed by atoms with Gasteiger partial charge in [-0.1, -0.05) is 15.9 Å². The molecule has 2 heterocycles. The maximum atomic E-state index is 12.6. The van der Waals surface area contributed by atoms with Gasteiger partial charge in [-0.3, -0.25) is 4.79 Å². The van der Waals surface area contributed by atoms with Gasteiger partial charge >= 0.3 is 6.61 Å². The van der Waals surface area contributed by atoms with Gasteiger partial charge in [0, 0.05) is 22.5 Å². The van der Waals surface area contributed by atoms with Crippen LogP contribution in [0.1, 0.15) is 36.0 Å². The Balaban J connectivity index is 1.73. The number of hydrogen-bond acceptors (Lipinski definition) is 2. The molecular weight excluding hydrogens is 344 g/mol. The van der Waals surface area contributed by atoms with E-state index in [0.29, 0.717) is 10.4 Å². The van der Waals surface area contributed by atoms with E-state index in [9.17, 15) is 13.6 Å². The van der Waals surface area contributed by atoms with Crippen LogP contribution >= 0.6 is 15.9 Å². The third kappa shape index (κ3) is 3.05. The maximum Gasteiger partial charge on any atom is 0.387 e. The quantitative estimate of drug-likeness (QED) is 0.767. The van der Waals surface area contributed by atoms with E-state index in [1.165, 1.54) is 12.1 Å². The van der Waals surface area contributed by atoms with Crippen molar-refractivity contribution in [2.45, 2.75) is 49.2 Å². The van der Waals surface area contributed by atoms with Crippen molar-refractivity contribution in [1.29, 1.82) is 0 Å². The molecule has 3 nitrogen and oxygen atoms in total. The van der Waals surface area contributed by atoms with Gasteiger partial charge in [0.25, 0.3) is 5.91 Å². The lowest BCUT2D eigenvalue weighted by Crippen LogP contribution is -2.46. The van der Waals surface area contributed by atoms with Gasteiger partial charge in [-0.25, -0.2) is 0 Å². The number of nitrogens with zero attached hydrogens (tertiary/aromatic N) is 1. The summed E-state index contributed by atoms with van der Waals surface area (Å²) in [5.74, 6) is 0.0641. The molecule has 0 saturated carbocycles. The van der Waals surface area contributed by atoms with Crippen molar-refractivity contribution in [3.05, 3.63) is 29.8 Å². The summed E-state index contributed by atoms with van der Waals surface area (Å²) < 4.78 is 28.5. The molecule has 2 aliphatic heterocycles. The van der Waals surface area contributed by atoms with Crippen molar-refractivity contribution < 1.29 is 18.3 Å². The molecule has 2 atom stereocenters. The third-order valence-electron chi connectivity index (χ3n) is 4.24. The van der Waals surface area contributed by atoms with Gasteiger partial charge in [-0.05, 0) is 49.9 Å². The zero-order chi connectivity index (χ0) is 15.0. The Kier molecular flexibility index (Phi) is 4.15. The minimum absolute atomic E-state index is 0.00880. The molecule has 1 aromatic rings. The number of ether oxygens (including phenoxy) is 1. The second-order valence-corrected chi connectivity index (χ2v) is 6.86. The van der Waals surface area contributed by atoms with Gasteiger partial charge in [-0.2, -0.15) is 8.78 Å². The second kappa shape index (κ2) is 5.91. The van der Waals surface area contributed by atoms with Crippen molar-refractivity contribution in [3.8, 4) is 5.75 Å². The standard InChI is InChI=1S/C15H16BrF2NO2/c16-10-7-11-3-4-12(8-10)19(11)14(20)9-1-5-13(6-2-9)21-15(17)18/h1-2,5-6,10-12,15H,3-4,7-8H2. The molecule has 0 radical (unpaired) electrons. The van der Waals surface area contributed by atoms with E-state index in [4.69, 9.17) is 0 Å². The highest BCUT2D eigenvalue weighted by atomic mass is 79.9. The number of carbonyl (C=O) groups is 1. The number of alkyl halides is 3. The molecular formula is C15H16BrF2NO2. The number of amides is 1. The molecule has 2 aliphatic rings. The van der Waals surface area contributed by atoms with E-state index in [1.807, 2.05) is 4.90 Å². The highest BCUT2D eigenvalue weighted by Crippen LogP contribution is 2.39. The Hall–Kier alpha value is -1.17. The van der Waals surface area contributed by atoms with Crippen LogP contribution < -0.4 is 4.74 Å². The predicted molar refractivity (Wildman–Crippen MR) is 78.0 cm³/mol. The van der Waals surface area contributed by atoms with Gasteiger partial charge in [-0.15, -0.1) is 0 Å². The zero-order valence-corrected chi connectivity index (χ0v) is 12.9. The Morgan fingerprint density at radius 3 is 2.29 bits per heavy atom. The first kappa shape index (κ1) is 14.8. The minimum Gasteiger partial charge on any atom is -0.435 e. The Morgan fingerprint density at radius 2 is 1.76 bits per heavy atom. The van der Waals surface area contributed by atoms with Crippen LogP contribution in [0, 0.1) is 0 Å². The summed E-state index contributed by atoms with van der Waals surface area (Å²) in [6, 6.07) is 6.52. The van der Waals surface area contributed by atoms with E-state index in [2.05, 4.69) is 20.7 Å². The van der Waals surface area contributed by atoms with E-state index < -0.39 is 6.61 Å². The fourth-order valence-corrected chi connectivity index (χ4v) is 4.23. The second-order valence-electron chi connectivity index (χ2n) is 5.57. The minimum atomic E-state index is -2.85. The van der Waals surface area contributed by atoms with Gasteiger partial charge in [0.1, 0.15) is 5.75 Å². The Morgan fingerprint density at radius 1 is 1.19 bits per heavy atom. The summed E-state index contributed by atoms with van der Waals surface area (Å²) in [5.41, 5.74) is 0.529. The van der Waals surface area contributed by atoms with Crippen LogP contribution in [0.5, 0.6) is 5.75 Å². The number of benzene rings is 1. The summed E-state index contributed by atoms with van der Waals surface area (Å²) in [7, 11) is 0. The molecule has 1 amide bonds. The first-order chi connectivity index (χ1) is 10.0. The molecule has 0 aliphatic carbocycles. The normalized spacial score (nSPS) is 28.0. The molecule has 3 rings (SSSR count). The van der Waals surface area contributed by atoms with E-state index >= 15 is 0 Å². The fourth-order valence-electron chi connectivity index (χ4n) is 3.37. The zero-order valence-electron chi connectivity index (χ0n) is 11.3. The third-order valence-corrected chi connectivity index (χ3v) is 4.98. The Bertz CT molecular complexity index is 509. The van der Waals surface area contributed by atoms with E-state index in [-0.39, 0.29) is 23.7 Å². The van der Waals surface area contributed by atoms with Crippen molar-refractivity contribution in [3.63, 3.8) is 0 Å². The predicted octanol–water partition coefficient (Wildman–Crippen LogP) is 3.82. The number of carbonyl (C=O) groups excluding carboxylic acids is 1. The van der Waals surface area contributed by atoms with Crippen LogP contribution in [0.4, 0.5) is 8.78 Å².